The highest BCUT2D eigenvalue weighted by atomic mass is 32.2. The predicted octanol–water partition coefficient (Wildman–Crippen LogP) is 4.66. The van der Waals surface area contributed by atoms with Crippen LogP contribution in [0.4, 0.5) is 0 Å². The zero-order valence-corrected chi connectivity index (χ0v) is 13.6. The predicted molar refractivity (Wildman–Crippen MR) is 89.6 cm³/mol. The highest BCUT2D eigenvalue weighted by Crippen LogP contribution is 2.27. The second kappa shape index (κ2) is 6.96. The summed E-state index contributed by atoms with van der Waals surface area (Å²) >= 11 is 1.92. The average molecular weight is 285 g/mol. The van der Waals surface area contributed by atoms with Crippen molar-refractivity contribution < 1.29 is 0 Å². The Bertz CT molecular complexity index is 577. The Hall–Kier alpha value is -1.25. The zero-order chi connectivity index (χ0) is 14.5. The number of thioether (sulfide) groups is 1. The summed E-state index contributed by atoms with van der Waals surface area (Å²) in [5.41, 5.74) is 5.48. The van der Waals surface area contributed by atoms with Crippen molar-refractivity contribution in [3.63, 3.8) is 0 Å². The Kier molecular flexibility index (Phi) is 5.27. The van der Waals surface area contributed by atoms with Gasteiger partial charge in [0.05, 0.1) is 0 Å². The minimum absolute atomic E-state index is 0.391. The molecule has 1 N–H and O–H groups in total. The van der Waals surface area contributed by atoms with Gasteiger partial charge in [0.2, 0.25) is 0 Å². The van der Waals surface area contributed by atoms with Crippen LogP contribution in [-0.4, -0.2) is 12.8 Å². The highest BCUT2D eigenvalue weighted by molar-refractivity contribution is 7.99. The van der Waals surface area contributed by atoms with E-state index >= 15 is 0 Å². The Labute approximate surface area is 126 Å². The molecule has 2 aromatic carbocycles. The minimum Gasteiger partial charge on any atom is -0.312 e. The van der Waals surface area contributed by atoms with Crippen LogP contribution >= 0.6 is 11.8 Å². The lowest BCUT2D eigenvalue weighted by Gasteiger charge is -2.18. The minimum atomic E-state index is 0.391. The van der Waals surface area contributed by atoms with E-state index in [0.717, 1.165) is 5.75 Å². The van der Waals surface area contributed by atoms with Gasteiger partial charge in [-0.2, -0.15) is 0 Å². The van der Waals surface area contributed by atoms with Crippen LogP contribution in [0.3, 0.4) is 0 Å². The summed E-state index contributed by atoms with van der Waals surface area (Å²) in [6.07, 6.45) is 0. The van der Waals surface area contributed by atoms with Crippen molar-refractivity contribution in [1.82, 2.24) is 5.32 Å². The third kappa shape index (κ3) is 3.65. The third-order valence-electron chi connectivity index (χ3n) is 3.81. The molecule has 0 saturated heterocycles. The molecule has 2 aromatic rings. The molecule has 2 heteroatoms. The van der Waals surface area contributed by atoms with Crippen LogP contribution in [0.15, 0.2) is 47.4 Å². The largest absolute Gasteiger partial charge is 0.312 e. The number of aryl methyl sites for hydroxylation is 3. The van der Waals surface area contributed by atoms with Crippen LogP contribution in [0.2, 0.25) is 0 Å². The van der Waals surface area contributed by atoms with E-state index in [9.17, 15) is 0 Å². The standard InChI is InChI=1S/C18H23NS/c1-13-9-10-16(11-15(13)3)20-12-18(19-4)17-8-6-5-7-14(17)2/h5-11,18-19H,12H2,1-4H3. The third-order valence-corrected chi connectivity index (χ3v) is 4.89. The van der Waals surface area contributed by atoms with Crippen molar-refractivity contribution in [3.05, 3.63) is 64.7 Å². The summed E-state index contributed by atoms with van der Waals surface area (Å²) in [7, 11) is 2.04. The molecule has 106 valence electrons. The molecule has 0 amide bonds. The molecule has 0 fully saturated rings. The van der Waals surface area contributed by atoms with E-state index in [0.29, 0.717) is 6.04 Å². The second-order valence-corrected chi connectivity index (χ2v) is 6.35. The van der Waals surface area contributed by atoms with Gasteiger partial charge >= 0.3 is 0 Å². The van der Waals surface area contributed by atoms with Crippen LogP contribution in [0, 0.1) is 20.8 Å². The fourth-order valence-electron chi connectivity index (χ4n) is 2.29. The molecule has 1 unspecified atom stereocenters. The zero-order valence-electron chi connectivity index (χ0n) is 12.7. The molecule has 1 nitrogen and oxygen atoms in total. The maximum absolute atomic E-state index is 3.43. The molecule has 0 spiro atoms. The van der Waals surface area contributed by atoms with Crippen molar-refractivity contribution in [2.24, 2.45) is 0 Å². The van der Waals surface area contributed by atoms with Gasteiger partial charge in [-0.05, 0) is 62.2 Å². The van der Waals surface area contributed by atoms with Crippen LogP contribution in [0.25, 0.3) is 0 Å². The summed E-state index contributed by atoms with van der Waals surface area (Å²) < 4.78 is 0. The number of hydrogen-bond donors (Lipinski definition) is 1. The second-order valence-electron chi connectivity index (χ2n) is 5.25. The van der Waals surface area contributed by atoms with Gasteiger partial charge in [-0.1, -0.05) is 30.3 Å². The molecule has 20 heavy (non-hydrogen) atoms. The lowest BCUT2D eigenvalue weighted by molar-refractivity contribution is 0.658. The Morgan fingerprint density at radius 3 is 2.35 bits per heavy atom. The van der Waals surface area contributed by atoms with Gasteiger partial charge in [-0.25, -0.2) is 0 Å². The molecular weight excluding hydrogens is 262 g/mol. The molecule has 0 heterocycles. The van der Waals surface area contributed by atoms with Gasteiger partial charge in [0.15, 0.2) is 0 Å². The fraction of sp³-hybridized carbons (Fsp3) is 0.333. The average Bonchev–Trinajstić information content (AvgIpc) is 2.45. The lowest BCUT2D eigenvalue weighted by Crippen LogP contribution is -2.19. The fourth-order valence-corrected chi connectivity index (χ4v) is 3.42. The Balaban J connectivity index is 2.08. The maximum atomic E-state index is 3.43. The molecule has 0 saturated carbocycles. The van der Waals surface area contributed by atoms with Crippen LogP contribution in [0.5, 0.6) is 0 Å². The molecule has 2 rings (SSSR count). The van der Waals surface area contributed by atoms with Gasteiger partial charge in [-0.3, -0.25) is 0 Å². The first-order valence-electron chi connectivity index (χ1n) is 7.04. The van der Waals surface area contributed by atoms with Crippen LogP contribution < -0.4 is 5.32 Å². The number of nitrogens with one attached hydrogen (secondary N) is 1. The lowest BCUT2D eigenvalue weighted by atomic mass is 10.0. The van der Waals surface area contributed by atoms with Gasteiger partial charge in [-0.15, -0.1) is 11.8 Å². The van der Waals surface area contributed by atoms with Gasteiger partial charge in [0, 0.05) is 16.7 Å². The van der Waals surface area contributed by atoms with E-state index in [1.807, 2.05) is 18.8 Å². The summed E-state index contributed by atoms with van der Waals surface area (Å²) in [6, 6.07) is 15.7. The molecule has 0 radical (unpaired) electrons. The molecule has 0 aromatic heterocycles. The van der Waals surface area contributed by atoms with Crippen LogP contribution in [-0.2, 0) is 0 Å². The van der Waals surface area contributed by atoms with E-state index in [2.05, 4.69) is 68.6 Å². The maximum Gasteiger partial charge on any atom is 0.0415 e. The molecular formula is C18H23NS. The summed E-state index contributed by atoms with van der Waals surface area (Å²) in [5.74, 6) is 1.05. The number of benzene rings is 2. The first-order chi connectivity index (χ1) is 9.61. The monoisotopic (exact) mass is 285 g/mol. The Morgan fingerprint density at radius 2 is 1.70 bits per heavy atom. The van der Waals surface area contributed by atoms with Gasteiger partial charge in [0.25, 0.3) is 0 Å². The summed E-state index contributed by atoms with van der Waals surface area (Å²) in [5, 5.41) is 3.43. The highest BCUT2D eigenvalue weighted by Gasteiger charge is 2.11. The van der Waals surface area contributed by atoms with Crippen molar-refractivity contribution in [3.8, 4) is 0 Å². The molecule has 1 atom stereocenters. The Morgan fingerprint density at radius 1 is 0.950 bits per heavy atom. The molecule has 0 aliphatic rings. The van der Waals surface area contributed by atoms with Crippen LogP contribution in [0.1, 0.15) is 28.3 Å². The smallest absolute Gasteiger partial charge is 0.0415 e. The first kappa shape index (κ1) is 15.1. The topological polar surface area (TPSA) is 12.0 Å². The van der Waals surface area contributed by atoms with E-state index in [-0.39, 0.29) is 0 Å². The number of hydrogen-bond acceptors (Lipinski definition) is 2. The van der Waals surface area contributed by atoms with E-state index in [1.165, 1.54) is 27.1 Å². The van der Waals surface area contributed by atoms with Crippen molar-refractivity contribution in [1.29, 1.82) is 0 Å². The normalized spacial score (nSPS) is 12.4. The summed E-state index contributed by atoms with van der Waals surface area (Å²) in [4.78, 5) is 1.35. The van der Waals surface area contributed by atoms with Crippen molar-refractivity contribution >= 4 is 11.8 Å². The molecule has 0 bridgehead atoms. The van der Waals surface area contributed by atoms with Crippen molar-refractivity contribution in [2.45, 2.75) is 31.7 Å². The quantitative estimate of drug-likeness (QED) is 0.802. The first-order valence-corrected chi connectivity index (χ1v) is 8.03. The SMILES string of the molecule is CNC(CSc1ccc(C)c(C)c1)c1ccccc1C. The molecule has 0 aliphatic carbocycles. The van der Waals surface area contributed by atoms with E-state index in [1.54, 1.807) is 0 Å². The van der Waals surface area contributed by atoms with Crippen molar-refractivity contribution in [2.75, 3.05) is 12.8 Å². The summed E-state index contributed by atoms with van der Waals surface area (Å²) in [6.45, 7) is 6.52. The molecule has 0 aliphatic heterocycles. The van der Waals surface area contributed by atoms with E-state index in [4.69, 9.17) is 0 Å². The van der Waals surface area contributed by atoms with Gasteiger partial charge < -0.3 is 5.32 Å². The van der Waals surface area contributed by atoms with Gasteiger partial charge in [0.1, 0.15) is 0 Å². The van der Waals surface area contributed by atoms with E-state index < -0.39 is 0 Å². The number of rotatable bonds is 5.